The van der Waals surface area contributed by atoms with Gasteiger partial charge in [-0.1, -0.05) is 33.1 Å². The molecule has 0 unspecified atom stereocenters. The molecule has 1 aliphatic heterocycles. The highest BCUT2D eigenvalue weighted by molar-refractivity contribution is 4.83. The van der Waals surface area contributed by atoms with Crippen molar-refractivity contribution in [2.75, 3.05) is 20.1 Å². The molecule has 0 aliphatic carbocycles. The summed E-state index contributed by atoms with van der Waals surface area (Å²) in [4.78, 5) is 2.47. The lowest BCUT2D eigenvalue weighted by molar-refractivity contribution is 0.105. The van der Waals surface area contributed by atoms with Gasteiger partial charge in [-0.15, -0.1) is 0 Å². The van der Waals surface area contributed by atoms with Crippen LogP contribution in [0.4, 0.5) is 0 Å². The molecule has 1 rings (SSSR count). The Labute approximate surface area is 83.5 Å². The zero-order chi connectivity index (χ0) is 9.73. The van der Waals surface area contributed by atoms with Crippen molar-refractivity contribution in [1.29, 1.82) is 0 Å². The molecule has 0 aromatic heterocycles. The predicted octanol–water partition coefficient (Wildman–Crippen LogP) is 3.30. The van der Waals surface area contributed by atoms with Gasteiger partial charge >= 0.3 is 0 Å². The van der Waals surface area contributed by atoms with Crippen LogP contribution in [0.3, 0.4) is 0 Å². The number of piperidine rings is 1. The zero-order valence-electron chi connectivity index (χ0n) is 9.60. The molecule has 1 heteroatoms. The predicted molar refractivity (Wildman–Crippen MR) is 59.0 cm³/mol. The van der Waals surface area contributed by atoms with Gasteiger partial charge in [-0.3, -0.25) is 0 Å². The van der Waals surface area contributed by atoms with Gasteiger partial charge in [0.2, 0.25) is 0 Å². The summed E-state index contributed by atoms with van der Waals surface area (Å²) in [5.41, 5.74) is 0.711. The lowest BCUT2D eigenvalue weighted by atomic mass is 9.73. The van der Waals surface area contributed by atoms with E-state index in [1.807, 2.05) is 0 Å². The first-order valence-corrected chi connectivity index (χ1v) is 5.91. The van der Waals surface area contributed by atoms with E-state index >= 15 is 0 Å². The van der Waals surface area contributed by atoms with Crippen molar-refractivity contribution in [2.24, 2.45) is 5.41 Å². The number of unbranched alkanes of at least 4 members (excludes halogenated alkanes) is 1. The SMILES string of the molecule is CCCCC1(CC)CCN(C)CC1. The van der Waals surface area contributed by atoms with E-state index in [1.165, 1.54) is 51.6 Å². The second-order valence-corrected chi connectivity index (χ2v) is 4.76. The van der Waals surface area contributed by atoms with Crippen LogP contribution in [0.15, 0.2) is 0 Å². The maximum Gasteiger partial charge on any atom is -0.00165 e. The lowest BCUT2D eigenvalue weighted by Gasteiger charge is -2.40. The van der Waals surface area contributed by atoms with E-state index in [4.69, 9.17) is 0 Å². The topological polar surface area (TPSA) is 3.24 Å². The molecule has 0 aromatic rings. The average molecular weight is 183 g/mol. The highest BCUT2D eigenvalue weighted by atomic mass is 15.1. The molecule has 0 bridgehead atoms. The van der Waals surface area contributed by atoms with Gasteiger partial charge in [0.25, 0.3) is 0 Å². The summed E-state index contributed by atoms with van der Waals surface area (Å²) >= 11 is 0. The van der Waals surface area contributed by atoms with E-state index in [0.29, 0.717) is 5.41 Å². The van der Waals surface area contributed by atoms with Gasteiger partial charge in [0.1, 0.15) is 0 Å². The van der Waals surface area contributed by atoms with Crippen LogP contribution in [0.1, 0.15) is 52.4 Å². The summed E-state index contributed by atoms with van der Waals surface area (Å²) < 4.78 is 0. The Kier molecular flexibility index (Phi) is 4.24. The Balaban J connectivity index is 2.40. The summed E-state index contributed by atoms with van der Waals surface area (Å²) in [5.74, 6) is 0. The molecule has 0 atom stereocenters. The van der Waals surface area contributed by atoms with Crippen LogP contribution >= 0.6 is 0 Å². The van der Waals surface area contributed by atoms with Crippen LogP contribution in [0.2, 0.25) is 0 Å². The van der Waals surface area contributed by atoms with E-state index in [1.54, 1.807) is 0 Å². The summed E-state index contributed by atoms with van der Waals surface area (Å²) in [6.45, 7) is 7.31. The molecule has 0 radical (unpaired) electrons. The minimum Gasteiger partial charge on any atom is -0.306 e. The fourth-order valence-electron chi connectivity index (χ4n) is 2.42. The summed E-state index contributed by atoms with van der Waals surface area (Å²) in [5, 5.41) is 0. The lowest BCUT2D eigenvalue weighted by Crippen LogP contribution is -2.37. The molecule has 1 nitrogen and oxygen atoms in total. The van der Waals surface area contributed by atoms with Crippen LogP contribution in [-0.2, 0) is 0 Å². The third kappa shape index (κ3) is 2.98. The van der Waals surface area contributed by atoms with Gasteiger partial charge in [-0.25, -0.2) is 0 Å². The van der Waals surface area contributed by atoms with Gasteiger partial charge in [-0.05, 0) is 44.8 Å². The van der Waals surface area contributed by atoms with E-state index in [2.05, 4.69) is 25.8 Å². The highest BCUT2D eigenvalue weighted by Crippen LogP contribution is 2.39. The van der Waals surface area contributed by atoms with E-state index in [-0.39, 0.29) is 0 Å². The molecule has 1 aliphatic rings. The number of rotatable bonds is 4. The third-order valence-corrected chi connectivity index (χ3v) is 3.86. The number of hydrogen-bond donors (Lipinski definition) is 0. The van der Waals surface area contributed by atoms with Crippen molar-refractivity contribution >= 4 is 0 Å². The van der Waals surface area contributed by atoms with E-state index in [0.717, 1.165) is 0 Å². The minimum atomic E-state index is 0.711. The first kappa shape index (κ1) is 11.0. The quantitative estimate of drug-likeness (QED) is 0.646. The Morgan fingerprint density at radius 2 is 1.77 bits per heavy atom. The Bertz CT molecular complexity index is 129. The smallest absolute Gasteiger partial charge is 0.00165 e. The summed E-state index contributed by atoms with van der Waals surface area (Å²) in [7, 11) is 2.25. The summed E-state index contributed by atoms with van der Waals surface area (Å²) in [6, 6.07) is 0. The number of hydrogen-bond acceptors (Lipinski definition) is 1. The molecule has 0 spiro atoms. The minimum absolute atomic E-state index is 0.711. The van der Waals surface area contributed by atoms with Crippen LogP contribution in [0.25, 0.3) is 0 Å². The van der Waals surface area contributed by atoms with E-state index < -0.39 is 0 Å². The van der Waals surface area contributed by atoms with Crippen molar-refractivity contribution in [3.05, 3.63) is 0 Å². The van der Waals surface area contributed by atoms with Gasteiger partial charge < -0.3 is 4.90 Å². The molecular formula is C12H25N. The fraction of sp³-hybridized carbons (Fsp3) is 1.00. The van der Waals surface area contributed by atoms with Crippen LogP contribution in [0.5, 0.6) is 0 Å². The van der Waals surface area contributed by atoms with Crippen molar-refractivity contribution in [3.8, 4) is 0 Å². The monoisotopic (exact) mass is 183 g/mol. The fourth-order valence-corrected chi connectivity index (χ4v) is 2.42. The Morgan fingerprint density at radius 3 is 2.23 bits per heavy atom. The third-order valence-electron chi connectivity index (χ3n) is 3.86. The Hall–Kier alpha value is -0.0400. The van der Waals surface area contributed by atoms with Crippen molar-refractivity contribution in [2.45, 2.75) is 52.4 Å². The average Bonchev–Trinajstić information content (AvgIpc) is 2.18. The largest absolute Gasteiger partial charge is 0.306 e. The first-order chi connectivity index (χ1) is 6.22. The molecule has 1 fully saturated rings. The molecule has 1 heterocycles. The van der Waals surface area contributed by atoms with Gasteiger partial charge in [0, 0.05) is 0 Å². The Morgan fingerprint density at radius 1 is 1.15 bits per heavy atom. The highest BCUT2D eigenvalue weighted by Gasteiger charge is 2.30. The maximum absolute atomic E-state index is 2.47. The second-order valence-electron chi connectivity index (χ2n) is 4.76. The van der Waals surface area contributed by atoms with Crippen molar-refractivity contribution in [3.63, 3.8) is 0 Å². The van der Waals surface area contributed by atoms with E-state index in [9.17, 15) is 0 Å². The zero-order valence-corrected chi connectivity index (χ0v) is 9.60. The first-order valence-electron chi connectivity index (χ1n) is 5.91. The molecular weight excluding hydrogens is 158 g/mol. The van der Waals surface area contributed by atoms with Crippen molar-refractivity contribution < 1.29 is 0 Å². The number of nitrogens with zero attached hydrogens (tertiary/aromatic N) is 1. The van der Waals surface area contributed by atoms with Gasteiger partial charge in [-0.2, -0.15) is 0 Å². The molecule has 1 saturated heterocycles. The molecule has 78 valence electrons. The maximum atomic E-state index is 2.47. The molecule has 0 N–H and O–H groups in total. The number of likely N-dealkylation sites (tertiary alicyclic amines) is 1. The standard InChI is InChI=1S/C12H25N/c1-4-6-7-12(5-2)8-10-13(3)11-9-12/h4-11H2,1-3H3. The molecule has 13 heavy (non-hydrogen) atoms. The van der Waals surface area contributed by atoms with Crippen LogP contribution in [0, 0.1) is 5.41 Å². The van der Waals surface area contributed by atoms with Gasteiger partial charge in [0.15, 0.2) is 0 Å². The summed E-state index contributed by atoms with van der Waals surface area (Å²) in [6.07, 6.45) is 8.50. The van der Waals surface area contributed by atoms with Crippen LogP contribution < -0.4 is 0 Å². The van der Waals surface area contributed by atoms with Crippen molar-refractivity contribution in [1.82, 2.24) is 4.90 Å². The molecule has 0 amide bonds. The van der Waals surface area contributed by atoms with Gasteiger partial charge in [0.05, 0.1) is 0 Å². The molecule has 0 saturated carbocycles. The van der Waals surface area contributed by atoms with Crippen LogP contribution in [-0.4, -0.2) is 25.0 Å². The second kappa shape index (κ2) is 4.99. The molecule has 0 aromatic carbocycles. The normalized spacial score (nSPS) is 23.3.